The summed E-state index contributed by atoms with van der Waals surface area (Å²) in [5.74, 6) is -0.730. The molecular formula is C26H33Cl2N3O4S. The van der Waals surface area contributed by atoms with Gasteiger partial charge in [0.2, 0.25) is 21.8 Å². The average Bonchev–Trinajstić information content (AvgIpc) is 2.85. The van der Waals surface area contributed by atoms with Crippen molar-refractivity contribution in [3.63, 3.8) is 0 Å². The predicted molar refractivity (Wildman–Crippen MR) is 145 cm³/mol. The first kappa shape index (κ1) is 28.3. The third-order valence-electron chi connectivity index (χ3n) is 6.41. The summed E-state index contributed by atoms with van der Waals surface area (Å²) in [5.41, 5.74) is 0.945. The molecule has 1 aliphatic rings. The van der Waals surface area contributed by atoms with Crippen LogP contribution in [0.2, 0.25) is 10.0 Å². The maximum Gasteiger partial charge on any atom is 0.244 e. The molecule has 0 aliphatic heterocycles. The molecule has 36 heavy (non-hydrogen) atoms. The van der Waals surface area contributed by atoms with Gasteiger partial charge in [-0.1, -0.05) is 85.8 Å². The maximum atomic E-state index is 13.7. The van der Waals surface area contributed by atoms with Crippen LogP contribution in [0.5, 0.6) is 0 Å². The SMILES string of the molecule is CC[C@@H](C(=O)NC1CCCCC1)N(Cc1ccccc1)C(=O)CN(c1cccc(Cl)c1Cl)S(C)(=O)=O. The van der Waals surface area contributed by atoms with Crippen molar-refractivity contribution in [2.24, 2.45) is 0 Å². The van der Waals surface area contributed by atoms with E-state index in [0.717, 1.165) is 48.2 Å². The Bertz CT molecular complexity index is 1160. The molecule has 1 N–H and O–H groups in total. The van der Waals surface area contributed by atoms with Gasteiger partial charge < -0.3 is 10.2 Å². The first-order valence-corrected chi connectivity index (χ1v) is 14.8. The Morgan fingerprint density at radius 1 is 1.03 bits per heavy atom. The molecule has 0 radical (unpaired) electrons. The molecule has 0 aromatic heterocycles. The number of halogens is 2. The lowest BCUT2D eigenvalue weighted by atomic mass is 9.95. The van der Waals surface area contributed by atoms with E-state index in [2.05, 4.69) is 5.32 Å². The van der Waals surface area contributed by atoms with E-state index in [0.29, 0.717) is 6.42 Å². The molecule has 1 saturated carbocycles. The van der Waals surface area contributed by atoms with Crippen molar-refractivity contribution in [1.29, 1.82) is 0 Å². The average molecular weight is 555 g/mol. The number of carbonyl (C=O) groups excluding carboxylic acids is 2. The van der Waals surface area contributed by atoms with Gasteiger partial charge in [0, 0.05) is 12.6 Å². The van der Waals surface area contributed by atoms with Crippen molar-refractivity contribution in [3.05, 3.63) is 64.1 Å². The standard InChI is InChI=1S/C26H33Cl2N3O4S/c1-3-22(26(33)29-20-13-8-5-9-14-20)30(17-19-11-6-4-7-12-19)24(32)18-31(36(2,34)35)23-16-10-15-21(27)25(23)28/h4,6-7,10-12,15-16,20,22H,3,5,8-9,13-14,17-18H2,1-2H3,(H,29,33)/t22-/m0/s1. The van der Waals surface area contributed by atoms with Crippen molar-refractivity contribution in [1.82, 2.24) is 10.2 Å². The van der Waals surface area contributed by atoms with Crippen molar-refractivity contribution in [3.8, 4) is 0 Å². The van der Waals surface area contributed by atoms with Gasteiger partial charge in [0.05, 0.1) is 22.0 Å². The fourth-order valence-electron chi connectivity index (χ4n) is 4.52. The fraction of sp³-hybridized carbons (Fsp3) is 0.462. The maximum absolute atomic E-state index is 13.7. The second kappa shape index (κ2) is 12.8. The normalized spacial score (nSPS) is 15.2. The second-order valence-electron chi connectivity index (χ2n) is 9.12. The van der Waals surface area contributed by atoms with Gasteiger partial charge in [-0.3, -0.25) is 13.9 Å². The summed E-state index contributed by atoms with van der Waals surface area (Å²) in [6, 6.07) is 13.3. The Morgan fingerprint density at radius 3 is 2.31 bits per heavy atom. The van der Waals surface area contributed by atoms with E-state index in [1.165, 1.54) is 11.0 Å². The molecule has 0 spiro atoms. The smallest absolute Gasteiger partial charge is 0.244 e. The van der Waals surface area contributed by atoms with Gasteiger partial charge in [-0.15, -0.1) is 0 Å². The molecule has 0 heterocycles. The molecule has 7 nitrogen and oxygen atoms in total. The van der Waals surface area contributed by atoms with Gasteiger partial charge in [-0.05, 0) is 37.0 Å². The highest BCUT2D eigenvalue weighted by Crippen LogP contribution is 2.33. The minimum Gasteiger partial charge on any atom is -0.352 e. The van der Waals surface area contributed by atoms with Crippen molar-refractivity contribution >= 4 is 50.7 Å². The van der Waals surface area contributed by atoms with E-state index in [9.17, 15) is 18.0 Å². The second-order valence-corrected chi connectivity index (χ2v) is 11.8. The zero-order chi connectivity index (χ0) is 26.3. The quantitative estimate of drug-likeness (QED) is 0.447. The van der Waals surface area contributed by atoms with Crippen LogP contribution in [0.25, 0.3) is 0 Å². The van der Waals surface area contributed by atoms with Crippen LogP contribution in [0.1, 0.15) is 51.0 Å². The molecular weight excluding hydrogens is 521 g/mol. The van der Waals surface area contributed by atoms with Crippen LogP contribution in [0.4, 0.5) is 5.69 Å². The minimum atomic E-state index is -3.89. The number of anilines is 1. The minimum absolute atomic E-state index is 0.0362. The first-order valence-electron chi connectivity index (χ1n) is 12.2. The highest BCUT2D eigenvalue weighted by Gasteiger charge is 2.33. The number of sulfonamides is 1. The lowest BCUT2D eigenvalue weighted by molar-refractivity contribution is -0.140. The molecule has 0 unspecified atom stereocenters. The number of rotatable bonds is 10. The van der Waals surface area contributed by atoms with Crippen molar-refractivity contribution in [2.75, 3.05) is 17.1 Å². The molecule has 1 fully saturated rings. The monoisotopic (exact) mass is 553 g/mol. The molecule has 1 aliphatic carbocycles. The molecule has 0 saturated heterocycles. The molecule has 2 aromatic rings. The third-order valence-corrected chi connectivity index (χ3v) is 8.35. The third kappa shape index (κ3) is 7.37. The Balaban J connectivity index is 1.92. The van der Waals surface area contributed by atoms with Crippen LogP contribution < -0.4 is 9.62 Å². The molecule has 2 amide bonds. The summed E-state index contributed by atoms with van der Waals surface area (Å²) < 4.78 is 26.4. The zero-order valence-corrected chi connectivity index (χ0v) is 23.0. The van der Waals surface area contributed by atoms with Crippen LogP contribution in [-0.4, -0.2) is 50.0 Å². The largest absolute Gasteiger partial charge is 0.352 e. The lowest BCUT2D eigenvalue weighted by Gasteiger charge is -2.34. The highest BCUT2D eigenvalue weighted by atomic mass is 35.5. The number of hydrogen-bond donors (Lipinski definition) is 1. The van der Waals surface area contributed by atoms with Crippen molar-refractivity contribution < 1.29 is 18.0 Å². The Hall–Kier alpha value is -2.29. The predicted octanol–water partition coefficient (Wildman–Crippen LogP) is 5.02. The van der Waals surface area contributed by atoms with Gasteiger partial charge in [0.15, 0.2) is 0 Å². The van der Waals surface area contributed by atoms with E-state index < -0.39 is 28.5 Å². The van der Waals surface area contributed by atoms with E-state index in [-0.39, 0.29) is 34.2 Å². The molecule has 1 atom stereocenters. The van der Waals surface area contributed by atoms with Gasteiger partial charge in [-0.2, -0.15) is 0 Å². The Morgan fingerprint density at radius 2 is 1.69 bits per heavy atom. The zero-order valence-electron chi connectivity index (χ0n) is 20.6. The first-order chi connectivity index (χ1) is 17.1. The number of amides is 2. The summed E-state index contributed by atoms with van der Waals surface area (Å²) in [5, 5.41) is 3.33. The summed E-state index contributed by atoms with van der Waals surface area (Å²) in [6.45, 7) is 1.49. The van der Waals surface area contributed by atoms with Gasteiger partial charge >= 0.3 is 0 Å². The Kier molecular flexibility index (Phi) is 10.0. The number of hydrogen-bond acceptors (Lipinski definition) is 4. The molecule has 196 valence electrons. The van der Waals surface area contributed by atoms with E-state index >= 15 is 0 Å². The molecule has 0 bridgehead atoms. The van der Waals surface area contributed by atoms with Crippen LogP contribution in [0.15, 0.2) is 48.5 Å². The fourth-order valence-corrected chi connectivity index (χ4v) is 5.83. The summed E-state index contributed by atoms with van der Waals surface area (Å²) in [4.78, 5) is 28.6. The summed E-state index contributed by atoms with van der Waals surface area (Å²) >= 11 is 12.4. The molecule has 10 heteroatoms. The lowest BCUT2D eigenvalue weighted by Crippen LogP contribution is -2.54. The van der Waals surface area contributed by atoms with Crippen LogP contribution >= 0.6 is 23.2 Å². The number of benzene rings is 2. The van der Waals surface area contributed by atoms with Gasteiger partial charge in [0.1, 0.15) is 12.6 Å². The molecule has 2 aromatic carbocycles. The highest BCUT2D eigenvalue weighted by molar-refractivity contribution is 7.92. The number of nitrogens with zero attached hydrogens (tertiary/aromatic N) is 2. The summed E-state index contributed by atoms with van der Waals surface area (Å²) in [7, 11) is -3.89. The number of carbonyl (C=O) groups is 2. The van der Waals surface area contributed by atoms with Crippen LogP contribution in [-0.2, 0) is 26.2 Å². The molecule has 3 rings (SSSR count). The Labute approximate surface area is 223 Å². The van der Waals surface area contributed by atoms with Gasteiger partial charge in [-0.25, -0.2) is 8.42 Å². The van der Waals surface area contributed by atoms with E-state index in [1.807, 2.05) is 37.3 Å². The van der Waals surface area contributed by atoms with Crippen LogP contribution in [0, 0.1) is 0 Å². The van der Waals surface area contributed by atoms with Gasteiger partial charge in [0.25, 0.3) is 0 Å². The van der Waals surface area contributed by atoms with Crippen molar-refractivity contribution in [2.45, 2.75) is 64.1 Å². The summed E-state index contributed by atoms with van der Waals surface area (Å²) in [6.07, 6.45) is 6.53. The van der Waals surface area contributed by atoms with Crippen LogP contribution in [0.3, 0.4) is 0 Å². The number of nitrogens with one attached hydrogen (secondary N) is 1. The topological polar surface area (TPSA) is 86.8 Å². The van der Waals surface area contributed by atoms with E-state index in [1.54, 1.807) is 12.1 Å². The van der Waals surface area contributed by atoms with E-state index in [4.69, 9.17) is 23.2 Å².